The molecule has 0 atom stereocenters. The monoisotopic (exact) mass is 390 g/mol. The van der Waals surface area contributed by atoms with E-state index >= 15 is 0 Å². The highest BCUT2D eigenvalue weighted by Gasteiger charge is 2.18. The van der Waals surface area contributed by atoms with Gasteiger partial charge in [0.15, 0.2) is 11.6 Å². The zero-order valence-corrected chi connectivity index (χ0v) is 15.2. The second-order valence-corrected chi connectivity index (χ2v) is 6.23. The van der Waals surface area contributed by atoms with Crippen molar-refractivity contribution in [3.8, 4) is 0 Å². The summed E-state index contributed by atoms with van der Waals surface area (Å²) in [7, 11) is 0. The molecule has 0 saturated carbocycles. The molecular formula is C20H20F2N2O4. The number of benzene rings is 2. The number of amides is 2. The SMILES string of the molecule is CC(=O)NCc1ccc(C(=O)N(CCC(=O)O)Cc2ccc(F)c(F)c2)cc1. The summed E-state index contributed by atoms with van der Waals surface area (Å²) in [4.78, 5) is 35.9. The lowest BCUT2D eigenvalue weighted by Crippen LogP contribution is -2.32. The Kier molecular flexibility index (Phi) is 7.20. The Hall–Kier alpha value is -3.29. The summed E-state index contributed by atoms with van der Waals surface area (Å²) in [5.41, 5.74) is 1.46. The fraction of sp³-hybridized carbons (Fsp3) is 0.250. The van der Waals surface area contributed by atoms with Crippen LogP contribution in [0.1, 0.15) is 34.8 Å². The Balaban J connectivity index is 2.16. The fourth-order valence-corrected chi connectivity index (χ4v) is 2.52. The third-order valence-corrected chi connectivity index (χ3v) is 3.98. The number of carboxylic acids is 1. The number of halogens is 2. The van der Waals surface area contributed by atoms with Crippen LogP contribution in [-0.2, 0) is 22.7 Å². The Labute approximate surface area is 160 Å². The summed E-state index contributed by atoms with van der Waals surface area (Å²) in [6.45, 7) is 1.58. The van der Waals surface area contributed by atoms with Crippen LogP contribution in [0.2, 0.25) is 0 Å². The van der Waals surface area contributed by atoms with Crippen LogP contribution >= 0.6 is 0 Å². The van der Waals surface area contributed by atoms with Crippen molar-refractivity contribution in [3.63, 3.8) is 0 Å². The van der Waals surface area contributed by atoms with Crippen molar-refractivity contribution in [1.82, 2.24) is 10.2 Å². The molecule has 8 heteroatoms. The van der Waals surface area contributed by atoms with Gasteiger partial charge in [0.2, 0.25) is 5.91 Å². The predicted octanol–water partition coefficient (Wildman–Crippen LogP) is 2.72. The van der Waals surface area contributed by atoms with Crippen molar-refractivity contribution in [1.29, 1.82) is 0 Å². The maximum Gasteiger partial charge on any atom is 0.305 e. The van der Waals surface area contributed by atoms with Crippen molar-refractivity contribution in [2.24, 2.45) is 0 Å². The van der Waals surface area contributed by atoms with Gasteiger partial charge in [-0.05, 0) is 35.4 Å². The summed E-state index contributed by atoms with van der Waals surface area (Å²) in [5, 5.41) is 11.6. The normalized spacial score (nSPS) is 10.4. The summed E-state index contributed by atoms with van der Waals surface area (Å²) in [5.74, 6) is -3.72. The molecule has 0 fully saturated rings. The van der Waals surface area contributed by atoms with Gasteiger partial charge in [-0.2, -0.15) is 0 Å². The van der Waals surface area contributed by atoms with Crippen LogP contribution in [0.3, 0.4) is 0 Å². The second kappa shape index (κ2) is 9.59. The first kappa shape index (κ1) is 21.0. The number of nitrogens with zero attached hydrogens (tertiary/aromatic N) is 1. The third-order valence-electron chi connectivity index (χ3n) is 3.98. The molecule has 2 aromatic rings. The highest BCUT2D eigenvalue weighted by molar-refractivity contribution is 5.94. The number of carbonyl (C=O) groups is 3. The van der Waals surface area contributed by atoms with E-state index < -0.39 is 23.5 Å². The van der Waals surface area contributed by atoms with Crippen molar-refractivity contribution >= 4 is 17.8 Å². The molecule has 2 N–H and O–H groups in total. The highest BCUT2D eigenvalue weighted by atomic mass is 19.2. The number of hydrogen-bond acceptors (Lipinski definition) is 3. The molecule has 6 nitrogen and oxygen atoms in total. The van der Waals surface area contributed by atoms with Gasteiger partial charge >= 0.3 is 5.97 Å². The average Bonchev–Trinajstić information content (AvgIpc) is 2.66. The number of carboxylic acid groups (broad SMARTS) is 1. The van der Waals surface area contributed by atoms with E-state index in [9.17, 15) is 23.2 Å². The predicted molar refractivity (Wildman–Crippen MR) is 97.3 cm³/mol. The molecule has 0 unspecified atom stereocenters. The largest absolute Gasteiger partial charge is 0.481 e. The van der Waals surface area contributed by atoms with Crippen LogP contribution in [0.15, 0.2) is 42.5 Å². The van der Waals surface area contributed by atoms with E-state index in [1.165, 1.54) is 17.9 Å². The van der Waals surface area contributed by atoms with Crippen LogP contribution in [0.25, 0.3) is 0 Å². The van der Waals surface area contributed by atoms with Gasteiger partial charge in [0.1, 0.15) is 0 Å². The van der Waals surface area contributed by atoms with Gasteiger partial charge in [0.05, 0.1) is 6.42 Å². The summed E-state index contributed by atoms with van der Waals surface area (Å²) >= 11 is 0. The van der Waals surface area contributed by atoms with E-state index in [0.29, 0.717) is 17.7 Å². The maximum atomic E-state index is 13.4. The van der Waals surface area contributed by atoms with Crippen LogP contribution in [-0.4, -0.2) is 34.3 Å². The molecule has 0 aliphatic heterocycles. The number of hydrogen-bond donors (Lipinski definition) is 2. The first-order valence-corrected chi connectivity index (χ1v) is 8.54. The molecule has 0 aliphatic rings. The van der Waals surface area contributed by atoms with Crippen LogP contribution in [0.5, 0.6) is 0 Å². The molecule has 0 radical (unpaired) electrons. The molecule has 0 aromatic heterocycles. The van der Waals surface area contributed by atoms with Crippen molar-refractivity contribution < 1.29 is 28.3 Å². The Morgan fingerprint density at radius 1 is 1.00 bits per heavy atom. The average molecular weight is 390 g/mol. The molecule has 2 amide bonds. The zero-order valence-electron chi connectivity index (χ0n) is 15.2. The first-order chi connectivity index (χ1) is 13.3. The van der Waals surface area contributed by atoms with Gasteiger partial charge in [0.25, 0.3) is 5.91 Å². The second-order valence-electron chi connectivity index (χ2n) is 6.23. The van der Waals surface area contributed by atoms with Crippen molar-refractivity contribution in [2.75, 3.05) is 6.54 Å². The van der Waals surface area contributed by atoms with E-state index in [-0.39, 0.29) is 25.4 Å². The molecule has 2 aromatic carbocycles. The number of rotatable bonds is 8. The minimum absolute atomic E-state index is 0.0586. The standard InChI is InChI=1S/C20H20F2N2O4/c1-13(25)23-11-14-2-5-16(6-3-14)20(28)24(9-8-19(26)27)12-15-4-7-17(21)18(22)10-15/h2-7,10H,8-9,11-12H2,1H3,(H,23,25)(H,26,27). The van der Waals surface area contributed by atoms with Gasteiger partial charge in [-0.1, -0.05) is 18.2 Å². The Morgan fingerprint density at radius 2 is 1.64 bits per heavy atom. The molecule has 0 heterocycles. The van der Waals surface area contributed by atoms with E-state index in [1.54, 1.807) is 24.3 Å². The Morgan fingerprint density at radius 3 is 2.21 bits per heavy atom. The van der Waals surface area contributed by atoms with Gasteiger partial charge in [-0.3, -0.25) is 14.4 Å². The highest BCUT2D eigenvalue weighted by Crippen LogP contribution is 2.15. The number of carbonyl (C=O) groups excluding carboxylic acids is 2. The lowest BCUT2D eigenvalue weighted by molar-refractivity contribution is -0.137. The van der Waals surface area contributed by atoms with E-state index in [1.807, 2.05) is 0 Å². The van der Waals surface area contributed by atoms with Crippen LogP contribution in [0.4, 0.5) is 8.78 Å². The van der Waals surface area contributed by atoms with Crippen molar-refractivity contribution in [3.05, 3.63) is 70.8 Å². The maximum absolute atomic E-state index is 13.4. The van der Waals surface area contributed by atoms with E-state index in [2.05, 4.69) is 5.32 Å². The Bertz CT molecular complexity index is 869. The first-order valence-electron chi connectivity index (χ1n) is 8.54. The summed E-state index contributed by atoms with van der Waals surface area (Å²) < 4.78 is 26.5. The molecular weight excluding hydrogens is 370 g/mol. The zero-order chi connectivity index (χ0) is 20.7. The number of aliphatic carboxylic acids is 1. The van der Waals surface area contributed by atoms with Crippen LogP contribution < -0.4 is 5.32 Å². The third kappa shape index (κ3) is 6.15. The topological polar surface area (TPSA) is 86.7 Å². The van der Waals surface area contributed by atoms with Gasteiger partial charge in [0, 0.05) is 32.1 Å². The quantitative estimate of drug-likeness (QED) is 0.726. The van der Waals surface area contributed by atoms with Gasteiger partial charge < -0.3 is 15.3 Å². The minimum Gasteiger partial charge on any atom is -0.481 e. The molecule has 0 saturated heterocycles. The lowest BCUT2D eigenvalue weighted by atomic mass is 10.1. The smallest absolute Gasteiger partial charge is 0.305 e. The molecule has 0 bridgehead atoms. The molecule has 0 spiro atoms. The lowest BCUT2D eigenvalue weighted by Gasteiger charge is -2.22. The van der Waals surface area contributed by atoms with Gasteiger partial charge in [-0.25, -0.2) is 8.78 Å². The minimum atomic E-state index is -1.08. The van der Waals surface area contributed by atoms with E-state index in [0.717, 1.165) is 17.7 Å². The van der Waals surface area contributed by atoms with Gasteiger partial charge in [-0.15, -0.1) is 0 Å². The number of nitrogens with one attached hydrogen (secondary N) is 1. The van der Waals surface area contributed by atoms with E-state index in [4.69, 9.17) is 5.11 Å². The van der Waals surface area contributed by atoms with Crippen LogP contribution in [0, 0.1) is 11.6 Å². The summed E-state index contributed by atoms with van der Waals surface area (Å²) in [6.07, 6.45) is -0.282. The molecule has 148 valence electrons. The van der Waals surface area contributed by atoms with Crippen molar-refractivity contribution in [2.45, 2.75) is 26.4 Å². The fourth-order valence-electron chi connectivity index (χ4n) is 2.52. The summed E-state index contributed by atoms with van der Waals surface area (Å²) in [6, 6.07) is 9.77. The molecule has 0 aliphatic carbocycles. The molecule has 28 heavy (non-hydrogen) atoms. The molecule has 2 rings (SSSR count).